The Labute approximate surface area is 120 Å². The number of anilines is 1. The molecule has 0 saturated heterocycles. The molecular formula is C15H14F2N2O2. The Morgan fingerprint density at radius 2 is 1.76 bits per heavy atom. The van der Waals surface area contributed by atoms with E-state index < -0.39 is 27.9 Å². The summed E-state index contributed by atoms with van der Waals surface area (Å²) in [5, 5.41) is 13.5. The van der Waals surface area contributed by atoms with Gasteiger partial charge in [0.2, 0.25) is 0 Å². The lowest BCUT2D eigenvalue weighted by Gasteiger charge is -2.10. The summed E-state index contributed by atoms with van der Waals surface area (Å²) in [6.07, 6.45) is 0. The minimum absolute atomic E-state index is 0.170. The zero-order valence-corrected chi connectivity index (χ0v) is 11.6. The van der Waals surface area contributed by atoms with Gasteiger partial charge in [0.25, 0.3) is 5.69 Å². The quantitative estimate of drug-likeness (QED) is 0.681. The second-order valence-electron chi connectivity index (χ2n) is 4.86. The molecule has 0 aromatic heterocycles. The maximum Gasteiger partial charge on any atom is 0.295 e. The summed E-state index contributed by atoms with van der Waals surface area (Å²) < 4.78 is 27.0. The molecule has 0 spiro atoms. The number of hydrogen-bond acceptors (Lipinski definition) is 3. The number of nitrogens with zero attached hydrogens (tertiary/aromatic N) is 1. The smallest absolute Gasteiger partial charge is 0.295 e. The molecule has 21 heavy (non-hydrogen) atoms. The van der Waals surface area contributed by atoms with Crippen LogP contribution in [0.4, 0.5) is 20.2 Å². The van der Waals surface area contributed by atoms with Gasteiger partial charge in [0.05, 0.1) is 4.92 Å². The monoisotopic (exact) mass is 292 g/mol. The van der Waals surface area contributed by atoms with E-state index in [1.807, 2.05) is 32.0 Å². The van der Waals surface area contributed by atoms with Crippen LogP contribution in [0, 0.1) is 35.6 Å². The highest BCUT2D eigenvalue weighted by Crippen LogP contribution is 2.29. The van der Waals surface area contributed by atoms with Crippen molar-refractivity contribution < 1.29 is 13.7 Å². The van der Waals surface area contributed by atoms with Gasteiger partial charge in [0.15, 0.2) is 17.3 Å². The molecule has 6 heteroatoms. The molecule has 1 N–H and O–H groups in total. The zero-order valence-electron chi connectivity index (χ0n) is 11.6. The van der Waals surface area contributed by atoms with Crippen LogP contribution >= 0.6 is 0 Å². The molecule has 0 aliphatic carbocycles. The molecule has 110 valence electrons. The average Bonchev–Trinajstić information content (AvgIpc) is 2.39. The van der Waals surface area contributed by atoms with Gasteiger partial charge in [-0.15, -0.1) is 0 Å². The first-order valence-electron chi connectivity index (χ1n) is 6.32. The van der Waals surface area contributed by atoms with Crippen LogP contribution in [0.5, 0.6) is 0 Å². The Kier molecular flexibility index (Phi) is 4.16. The molecule has 0 aliphatic rings. The van der Waals surface area contributed by atoms with E-state index in [1.165, 1.54) is 0 Å². The normalized spacial score (nSPS) is 10.5. The highest BCUT2D eigenvalue weighted by Gasteiger charge is 2.21. The molecule has 2 rings (SSSR count). The van der Waals surface area contributed by atoms with Crippen LogP contribution in [-0.2, 0) is 6.54 Å². The third kappa shape index (κ3) is 3.34. The number of nitro groups is 1. The van der Waals surface area contributed by atoms with Gasteiger partial charge in [-0.05, 0) is 25.5 Å². The maximum atomic E-state index is 13.7. The first-order valence-corrected chi connectivity index (χ1v) is 6.32. The Morgan fingerprint density at radius 1 is 1.14 bits per heavy atom. The van der Waals surface area contributed by atoms with Crippen LogP contribution in [0.2, 0.25) is 0 Å². The first-order chi connectivity index (χ1) is 9.88. The average molecular weight is 292 g/mol. The van der Waals surface area contributed by atoms with E-state index >= 15 is 0 Å². The van der Waals surface area contributed by atoms with Gasteiger partial charge in [-0.3, -0.25) is 10.1 Å². The molecular weight excluding hydrogens is 278 g/mol. The van der Waals surface area contributed by atoms with E-state index in [0.717, 1.165) is 28.8 Å². The van der Waals surface area contributed by atoms with Gasteiger partial charge in [0, 0.05) is 12.6 Å². The van der Waals surface area contributed by atoms with Crippen molar-refractivity contribution in [3.05, 3.63) is 68.8 Å². The minimum atomic E-state index is -1.24. The molecule has 0 unspecified atom stereocenters. The summed E-state index contributed by atoms with van der Waals surface area (Å²) in [4.78, 5) is 10.1. The van der Waals surface area contributed by atoms with Crippen LogP contribution < -0.4 is 5.32 Å². The Balaban J connectivity index is 2.31. The summed E-state index contributed by atoms with van der Waals surface area (Å²) in [7, 11) is 0. The largest absolute Gasteiger partial charge is 0.373 e. The van der Waals surface area contributed by atoms with Crippen LogP contribution in [0.1, 0.15) is 16.7 Å². The number of aryl methyl sites for hydroxylation is 2. The summed E-state index contributed by atoms with van der Waals surface area (Å²) in [5.74, 6) is -2.36. The van der Waals surface area contributed by atoms with Gasteiger partial charge < -0.3 is 5.32 Å². The van der Waals surface area contributed by atoms with Crippen molar-refractivity contribution in [2.45, 2.75) is 20.4 Å². The van der Waals surface area contributed by atoms with Crippen LogP contribution in [0.15, 0.2) is 30.3 Å². The molecule has 0 heterocycles. The summed E-state index contributed by atoms with van der Waals surface area (Å²) in [6.45, 7) is 4.01. The Hall–Kier alpha value is -2.50. The Morgan fingerprint density at radius 3 is 2.33 bits per heavy atom. The zero-order chi connectivity index (χ0) is 15.6. The van der Waals surface area contributed by atoms with E-state index in [9.17, 15) is 18.9 Å². The molecule has 2 aromatic carbocycles. The summed E-state index contributed by atoms with van der Waals surface area (Å²) in [5.41, 5.74) is 1.98. The molecule has 0 amide bonds. The third-order valence-corrected chi connectivity index (χ3v) is 3.02. The molecule has 0 atom stereocenters. The molecule has 0 aliphatic heterocycles. The van der Waals surface area contributed by atoms with Crippen molar-refractivity contribution in [1.82, 2.24) is 0 Å². The summed E-state index contributed by atoms with van der Waals surface area (Å²) >= 11 is 0. The molecule has 4 nitrogen and oxygen atoms in total. The highest BCUT2D eigenvalue weighted by molar-refractivity contribution is 5.62. The lowest BCUT2D eigenvalue weighted by atomic mass is 10.1. The number of nitro benzene ring substituents is 1. The lowest BCUT2D eigenvalue weighted by molar-refractivity contribution is -0.384. The van der Waals surface area contributed by atoms with Crippen molar-refractivity contribution in [3.63, 3.8) is 0 Å². The van der Waals surface area contributed by atoms with Crippen molar-refractivity contribution in [1.29, 1.82) is 0 Å². The van der Waals surface area contributed by atoms with E-state index in [1.54, 1.807) is 0 Å². The second-order valence-corrected chi connectivity index (χ2v) is 4.86. The maximum absolute atomic E-state index is 13.7. The molecule has 0 radical (unpaired) electrons. The van der Waals surface area contributed by atoms with Gasteiger partial charge in [0.1, 0.15) is 0 Å². The topological polar surface area (TPSA) is 55.2 Å². The predicted molar refractivity (Wildman–Crippen MR) is 76.3 cm³/mol. The van der Waals surface area contributed by atoms with E-state index in [-0.39, 0.29) is 6.54 Å². The fraction of sp³-hybridized carbons (Fsp3) is 0.200. The SMILES string of the molecule is Cc1cc(C)cc(CNc2c([N+](=O)[O-])ccc(F)c2F)c1. The van der Waals surface area contributed by atoms with Crippen LogP contribution in [0.25, 0.3) is 0 Å². The molecule has 2 aromatic rings. The van der Waals surface area contributed by atoms with Gasteiger partial charge in [-0.25, -0.2) is 8.78 Å². The van der Waals surface area contributed by atoms with Crippen LogP contribution in [0.3, 0.4) is 0 Å². The molecule has 0 saturated carbocycles. The van der Waals surface area contributed by atoms with E-state index in [4.69, 9.17) is 0 Å². The predicted octanol–water partition coefficient (Wildman–Crippen LogP) is 4.10. The third-order valence-electron chi connectivity index (χ3n) is 3.02. The molecule has 0 fully saturated rings. The van der Waals surface area contributed by atoms with Gasteiger partial charge >= 0.3 is 0 Å². The number of halogens is 2. The number of nitrogens with one attached hydrogen (secondary N) is 1. The number of benzene rings is 2. The lowest BCUT2D eigenvalue weighted by Crippen LogP contribution is -2.06. The number of hydrogen-bond donors (Lipinski definition) is 1. The van der Waals surface area contributed by atoms with E-state index in [0.29, 0.717) is 0 Å². The summed E-state index contributed by atoms with van der Waals surface area (Å²) in [6, 6.07) is 7.43. The first kappa shape index (κ1) is 14.9. The second kappa shape index (κ2) is 5.87. The van der Waals surface area contributed by atoms with Crippen LogP contribution in [-0.4, -0.2) is 4.92 Å². The molecule has 0 bridgehead atoms. The fourth-order valence-corrected chi connectivity index (χ4v) is 2.22. The highest BCUT2D eigenvalue weighted by atomic mass is 19.2. The van der Waals surface area contributed by atoms with Gasteiger partial charge in [-0.1, -0.05) is 29.3 Å². The van der Waals surface area contributed by atoms with Crippen molar-refractivity contribution in [2.75, 3.05) is 5.32 Å². The fourth-order valence-electron chi connectivity index (χ4n) is 2.22. The number of rotatable bonds is 4. The van der Waals surface area contributed by atoms with Gasteiger partial charge in [-0.2, -0.15) is 0 Å². The van der Waals surface area contributed by atoms with Crippen molar-refractivity contribution >= 4 is 11.4 Å². The minimum Gasteiger partial charge on any atom is -0.373 e. The van der Waals surface area contributed by atoms with E-state index in [2.05, 4.69) is 5.32 Å². The van der Waals surface area contributed by atoms with Crippen molar-refractivity contribution in [3.8, 4) is 0 Å². The van der Waals surface area contributed by atoms with Crippen molar-refractivity contribution in [2.24, 2.45) is 0 Å². The standard InChI is InChI=1S/C15H14F2N2O2/c1-9-5-10(2)7-11(6-9)8-18-15-13(19(20)21)4-3-12(16)14(15)17/h3-7,18H,8H2,1-2H3. The Bertz CT molecular complexity index is 682.